The van der Waals surface area contributed by atoms with E-state index in [0.717, 1.165) is 141 Å². The van der Waals surface area contributed by atoms with E-state index in [-0.39, 0.29) is 54.0 Å². The zero-order valence-corrected chi connectivity index (χ0v) is 41.6. The zero-order valence-electron chi connectivity index (χ0n) is 41.6. The molecule has 0 radical (unpaired) electrons. The SMILES string of the molecule is CCOC(=O)c1c(C)nc(Nc2cnn(C)c2)nc1NC1CCC(N2CCN(C(=O)[C@H]3CCCC[C@H]3C(=O)N3CCC(CCN4CCN(c5ccc(C6CCC(=O)NC6=O)cc5)CC4)CC3)CC2)CC1. The van der Waals surface area contributed by atoms with Crippen molar-refractivity contribution in [2.75, 3.05) is 94.1 Å². The van der Waals surface area contributed by atoms with Crippen LogP contribution in [0, 0.1) is 24.7 Å². The average molecular weight is 963 g/mol. The van der Waals surface area contributed by atoms with Crippen LogP contribution in [0.15, 0.2) is 36.7 Å². The van der Waals surface area contributed by atoms with E-state index in [1.165, 1.54) is 5.69 Å². The average Bonchev–Trinajstić information content (AvgIpc) is 3.79. The van der Waals surface area contributed by atoms with Crippen molar-refractivity contribution < 1.29 is 28.7 Å². The van der Waals surface area contributed by atoms with E-state index in [1.54, 1.807) is 24.7 Å². The third-order valence-electron chi connectivity index (χ3n) is 16.2. The minimum absolute atomic E-state index is 0.139. The molecule has 1 aromatic carbocycles. The molecule has 6 heterocycles. The van der Waals surface area contributed by atoms with Crippen LogP contribution in [0.5, 0.6) is 0 Å². The molecule has 0 spiro atoms. The summed E-state index contributed by atoms with van der Waals surface area (Å²) in [5.41, 5.74) is 3.79. The lowest BCUT2D eigenvalue weighted by molar-refractivity contribution is -0.150. The van der Waals surface area contributed by atoms with Crippen LogP contribution in [-0.2, 0) is 31.0 Å². The highest BCUT2D eigenvalue weighted by Crippen LogP contribution is 2.36. The molecule has 2 aromatic heterocycles. The summed E-state index contributed by atoms with van der Waals surface area (Å²) in [4.78, 5) is 86.4. The topological polar surface area (TPSA) is 190 Å². The van der Waals surface area contributed by atoms with Crippen LogP contribution < -0.4 is 20.9 Å². The molecule has 3 atom stereocenters. The van der Waals surface area contributed by atoms with Gasteiger partial charge in [0.15, 0.2) is 0 Å². The predicted molar refractivity (Wildman–Crippen MR) is 267 cm³/mol. The second-order valence-corrected chi connectivity index (χ2v) is 20.6. The molecular formula is C52H74N12O6. The molecule has 2 aliphatic carbocycles. The smallest absolute Gasteiger partial charge is 0.343 e. The number of carbonyl (C=O) groups is 5. The molecule has 0 bridgehead atoms. The summed E-state index contributed by atoms with van der Waals surface area (Å²) in [6.07, 6.45) is 15.2. The number of esters is 1. The van der Waals surface area contributed by atoms with Gasteiger partial charge in [-0.15, -0.1) is 0 Å². The molecule has 18 nitrogen and oxygen atoms in total. The molecule has 378 valence electrons. The van der Waals surface area contributed by atoms with Gasteiger partial charge in [0.25, 0.3) is 0 Å². The minimum Gasteiger partial charge on any atom is -0.462 e. The Labute approximate surface area is 412 Å². The number of amides is 4. The van der Waals surface area contributed by atoms with Crippen molar-refractivity contribution in [3.05, 3.63) is 53.5 Å². The quantitative estimate of drug-likeness (QED) is 0.143. The number of piperidine rings is 2. The Hall–Kier alpha value is -5.62. The van der Waals surface area contributed by atoms with Gasteiger partial charge >= 0.3 is 5.97 Å². The summed E-state index contributed by atoms with van der Waals surface area (Å²) in [6, 6.07) is 8.86. The number of piperazine rings is 2. The van der Waals surface area contributed by atoms with Crippen molar-refractivity contribution in [1.29, 1.82) is 0 Å². The largest absolute Gasteiger partial charge is 0.462 e. The van der Waals surface area contributed by atoms with E-state index in [9.17, 15) is 24.0 Å². The van der Waals surface area contributed by atoms with E-state index >= 15 is 0 Å². The lowest BCUT2D eigenvalue weighted by Gasteiger charge is -2.44. The number of imide groups is 1. The van der Waals surface area contributed by atoms with Crippen LogP contribution in [0.2, 0.25) is 0 Å². The number of ether oxygens (including phenoxy) is 1. The Kier molecular flexibility index (Phi) is 16.0. The second-order valence-electron chi connectivity index (χ2n) is 20.6. The van der Waals surface area contributed by atoms with Gasteiger partial charge < -0.3 is 30.1 Å². The fraction of sp³-hybridized carbons (Fsp3) is 0.654. The predicted octanol–water partition coefficient (Wildman–Crippen LogP) is 5.08. The second kappa shape index (κ2) is 22.6. The van der Waals surface area contributed by atoms with Crippen LogP contribution in [0.1, 0.15) is 118 Å². The minimum atomic E-state index is -0.439. The van der Waals surface area contributed by atoms with Crippen LogP contribution in [0.3, 0.4) is 0 Å². The molecule has 6 fully saturated rings. The Morgan fingerprint density at radius 2 is 1.46 bits per heavy atom. The van der Waals surface area contributed by atoms with Crippen molar-refractivity contribution in [1.82, 2.24) is 44.7 Å². The summed E-state index contributed by atoms with van der Waals surface area (Å²) in [6.45, 7) is 13.5. The molecule has 2 saturated carbocycles. The summed E-state index contributed by atoms with van der Waals surface area (Å²) in [5, 5.41) is 13.5. The van der Waals surface area contributed by atoms with Gasteiger partial charge in [-0.25, -0.2) is 9.78 Å². The number of likely N-dealkylation sites (tertiary alicyclic amines) is 1. The number of benzene rings is 1. The molecule has 70 heavy (non-hydrogen) atoms. The van der Waals surface area contributed by atoms with Crippen LogP contribution in [0.4, 0.5) is 23.1 Å². The Morgan fingerprint density at radius 3 is 2.09 bits per heavy atom. The maximum atomic E-state index is 14.2. The molecule has 6 aliphatic rings. The number of rotatable bonds is 14. The molecule has 18 heteroatoms. The summed E-state index contributed by atoms with van der Waals surface area (Å²) in [7, 11) is 1.84. The first-order valence-corrected chi connectivity index (χ1v) is 26.3. The number of nitrogens with zero attached hydrogens (tertiary/aromatic N) is 9. The van der Waals surface area contributed by atoms with Gasteiger partial charge in [-0.1, -0.05) is 25.0 Å². The molecule has 3 N–H and O–H groups in total. The van der Waals surface area contributed by atoms with E-state index in [0.29, 0.717) is 60.9 Å². The molecule has 4 aliphatic heterocycles. The van der Waals surface area contributed by atoms with E-state index in [1.807, 2.05) is 25.4 Å². The fourth-order valence-electron chi connectivity index (χ4n) is 12.0. The summed E-state index contributed by atoms with van der Waals surface area (Å²) in [5.74, 6) is 0.338. The maximum absolute atomic E-state index is 14.2. The molecule has 4 amide bonds. The molecule has 9 rings (SSSR count). The molecule has 3 aromatic rings. The van der Waals surface area contributed by atoms with Crippen LogP contribution in [-0.4, -0.2) is 160 Å². The Morgan fingerprint density at radius 1 is 0.786 bits per heavy atom. The van der Waals surface area contributed by atoms with Gasteiger partial charge in [0, 0.05) is 115 Å². The highest BCUT2D eigenvalue weighted by Gasteiger charge is 2.42. The van der Waals surface area contributed by atoms with E-state index in [2.05, 4.69) is 62.7 Å². The Balaban J connectivity index is 0.691. The highest BCUT2D eigenvalue weighted by molar-refractivity contribution is 6.01. The first kappa shape index (κ1) is 49.4. The monoisotopic (exact) mass is 963 g/mol. The first-order valence-electron chi connectivity index (χ1n) is 26.3. The zero-order chi connectivity index (χ0) is 48.7. The van der Waals surface area contributed by atoms with Gasteiger partial charge in [0.1, 0.15) is 11.4 Å². The van der Waals surface area contributed by atoms with Gasteiger partial charge in [-0.2, -0.15) is 10.1 Å². The number of anilines is 4. The number of nitrogens with one attached hydrogen (secondary N) is 3. The van der Waals surface area contributed by atoms with Gasteiger partial charge in [0.2, 0.25) is 29.6 Å². The summed E-state index contributed by atoms with van der Waals surface area (Å²) >= 11 is 0. The van der Waals surface area contributed by atoms with E-state index in [4.69, 9.17) is 9.72 Å². The molecule has 4 saturated heterocycles. The van der Waals surface area contributed by atoms with Crippen molar-refractivity contribution in [2.45, 2.75) is 115 Å². The molecule has 1 unspecified atom stereocenters. The Bertz CT molecular complexity index is 2310. The van der Waals surface area contributed by atoms with Gasteiger partial charge in [-0.3, -0.25) is 39.0 Å². The van der Waals surface area contributed by atoms with Crippen LogP contribution in [0.25, 0.3) is 0 Å². The summed E-state index contributed by atoms with van der Waals surface area (Å²) < 4.78 is 7.10. The standard InChI is InChI=1S/C52H74N12O6/c1-4-70-51(69)46-35(2)54-52(56-39-33-53-59(3)34-39)58-47(46)55-38-11-15-41(16-12-38)62-29-31-64(32-30-62)50(68)44-8-6-5-7-43(44)49(67)63-23-20-36(21-24-63)19-22-60-25-27-61(28-26-60)40-13-9-37(10-14-40)42-17-18-45(65)57-48(42)66/h9-10,13-14,33-34,36,38,41-44H,4-8,11-12,15-32H2,1-3H3,(H,57,65,66)(H2,54,55,56,58)/t38?,41?,42?,43-,44+/m1/s1. The van der Waals surface area contributed by atoms with Gasteiger partial charge in [-0.05, 0) is 108 Å². The number of hydrogen-bond acceptors (Lipinski definition) is 14. The van der Waals surface area contributed by atoms with Crippen molar-refractivity contribution in [3.8, 4) is 0 Å². The lowest BCUT2D eigenvalue weighted by Crippen LogP contribution is -2.55. The van der Waals surface area contributed by atoms with Crippen molar-refractivity contribution >= 4 is 52.7 Å². The number of aryl methyl sites for hydroxylation is 2. The first-order chi connectivity index (χ1) is 34.0. The highest BCUT2D eigenvalue weighted by atomic mass is 16.5. The fourth-order valence-corrected chi connectivity index (χ4v) is 12.0. The lowest BCUT2D eigenvalue weighted by atomic mass is 9.77. The van der Waals surface area contributed by atoms with Crippen LogP contribution >= 0.6 is 0 Å². The normalized spacial score (nSPS) is 25.4. The maximum Gasteiger partial charge on any atom is 0.343 e. The van der Waals surface area contributed by atoms with Crippen molar-refractivity contribution in [3.63, 3.8) is 0 Å². The number of hydrogen-bond donors (Lipinski definition) is 3. The molecular weight excluding hydrogens is 889 g/mol. The van der Waals surface area contributed by atoms with Crippen molar-refractivity contribution in [2.24, 2.45) is 24.8 Å². The third kappa shape index (κ3) is 11.8. The third-order valence-corrected chi connectivity index (χ3v) is 16.2. The van der Waals surface area contributed by atoms with E-state index < -0.39 is 5.97 Å². The van der Waals surface area contributed by atoms with Gasteiger partial charge in [0.05, 0.1) is 30.1 Å². The number of carbonyl (C=O) groups excluding carboxylic acids is 5. The number of aromatic nitrogens is 4.